The normalized spacial score (nSPS) is 21.7. The first-order valence-corrected chi connectivity index (χ1v) is 8.47. The highest BCUT2D eigenvalue weighted by molar-refractivity contribution is 9.09. The molecule has 0 aliphatic heterocycles. The van der Waals surface area contributed by atoms with E-state index in [2.05, 4.69) is 51.5 Å². The van der Waals surface area contributed by atoms with Gasteiger partial charge in [0.1, 0.15) is 0 Å². The lowest BCUT2D eigenvalue weighted by Gasteiger charge is -2.38. The highest BCUT2D eigenvalue weighted by atomic mass is 79.9. The van der Waals surface area contributed by atoms with Crippen LogP contribution in [0.1, 0.15) is 36.0 Å². The van der Waals surface area contributed by atoms with Gasteiger partial charge in [0.05, 0.1) is 6.20 Å². The van der Waals surface area contributed by atoms with Gasteiger partial charge in [-0.1, -0.05) is 40.2 Å². The molecule has 106 valence electrons. The molecule has 0 saturated heterocycles. The molecule has 3 heteroatoms. The average Bonchev–Trinajstić information content (AvgIpc) is 2.91. The number of nitrogens with zero attached hydrogens (tertiary/aromatic N) is 2. The van der Waals surface area contributed by atoms with Crippen LogP contribution in [0.15, 0.2) is 36.7 Å². The number of fused-ring (bicyclic) bond motifs is 1. The first kappa shape index (κ1) is 13.9. The van der Waals surface area contributed by atoms with Crippen molar-refractivity contribution in [2.75, 3.05) is 5.33 Å². The van der Waals surface area contributed by atoms with E-state index in [9.17, 15) is 0 Å². The summed E-state index contributed by atoms with van der Waals surface area (Å²) in [6, 6.07) is 8.99. The van der Waals surface area contributed by atoms with Gasteiger partial charge < -0.3 is 0 Å². The van der Waals surface area contributed by atoms with Crippen molar-refractivity contribution < 1.29 is 0 Å². The third kappa shape index (κ3) is 2.56. The number of hydrogen-bond donors (Lipinski definition) is 0. The second-order valence-corrected chi connectivity index (χ2v) is 6.51. The Morgan fingerprint density at radius 3 is 2.95 bits per heavy atom. The summed E-state index contributed by atoms with van der Waals surface area (Å²) in [4.78, 5) is 0. The third-order valence-corrected chi connectivity index (χ3v) is 5.67. The lowest BCUT2D eigenvalue weighted by Crippen LogP contribution is -2.33. The van der Waals surface area contributed by atoms with Gasteiger partial charge in [0, 0.05) is 24.0 Å². The molecule has 1 unspecified atom stereocenters. The van der Waals surface area contributed by atoms with E-state index >= 15 is 0 Å². The first-order chi connectivity index (χ1) is 9.73. The Morgan fingerprint density at radius 2 is 2.20 bits per heavy atom. The zero-order valence-corrected chi connectivity index (χ0v) is 13.6. The minimum Gasteiger partial charge on any atom is -0.276 e. The summed E-state index contributed by atoms with van der Waals surface area (Å²) < 4.78 is 1.89. The number of aromatic nitrogens is 2. The minimum atomic E-state index is 0.296. The fourth-order valence-corrected chi connectivity index (χ4v) is 4.32. The van der Waals surface area contributed by atoms with E-state index in [0.717, 1.165) is 11.8 Å². The molecule has 0 bridgehead atoms. The number of hydrogen-bond acceptors (Lipinski definition) is 1. The molecule has 0 fully saturated rings. The standard InChI is InChI=1S/C17H21BrN2/c1-20-12-14(11-19-20)8-10-17(13-18)9-4-6-15-5-2-3-7-16(15)17/h2-3,5,7,11-12H,4,6,8-10,13H2,1H3. The molecule has 1 aromatic carbocycles. The molecule has 2 nitrogen and oxygen atoms in total. The summed E-state index contributed by atoms with van der Waals surface area (Å²) in [5, 5.41) is 5.33. The predicted molar refractivity (Wildman–Crippen MR) is 86.4 cm³/mol. The molecule has 3 rings (SSSR count). The minimum absolute atomic E-state index is 0.296. The van der Waals surface area contributed by atoms with Crippen molar-refractivity contribution >= 4 is 15.9 Å². The molecule has 20 heavy (non-hydrogen) atoms. The number of halogens is 1. The van der Waals surface area contributed by atoms with Crippen molar-refractivity contribution in [1.82, 2.24) is 9.78 Å². The van der Waals surface area contributed by atoms with E-state index in [1.807, 2.05) is 17.9 Å². The fourth-order valence-electron chi connectivity index (χ4n) is 3.46. The second-order valence-electron chi connectivity index (χ2n) is 5.95. The van der Waals surface area contributed by atoms with Gasteiger partial charge in [0.25, 0.3) is 0 Å². The molecule has 0 spiro atoms. The smallest absolute Gasteiger partial charge is 0.0521 e. The van der Waals surface area contributed by atoms with E-state index in [4.69, 9.17) is 0 Å². The molecule has 1 aromatic heterocycles. The van der Waals surface area contributed by atoms with Gasteiger partial charge in [-0.3, -0.25) is 4.68 Å². The van der Waals surface area contributed by atoms with Gasteiger partial charge in [0.15, 0.2) is 0 Å². The van der Waals surface area contributed by atoms with Crippen molar-refractivity contribution in [3.63, 3.8) is 0 Å². The van der Waals surface area contributed by atoms with Crippen molar-refractivity contribution in [3.05, 3.63) is 53.3 Å². The van der Waals surface area contributed by atoms with Crippen molar-refractivity contribution in [2.45, 2.75) is 37.5 Å². The van der Waals surface area contributed by atoms with Crippen LogP contribution in [-0.2, 0) is 25.3 Å². The monoisotopic (exact) mass is 332 g/mol. The quantitative estimate of drug-likeness (QED) is 0.773. The van der Waals surface area contributed by atoms with E-state index in [1.165, 1.54) is 31.2 Å². The summed E-state index contributed by atoms with van der Waals surface area (Å²) >= 11 is 3.80. The molecule has 0 saturated carbocycles. The Balaban J connectivity index is 1.85. The molecular weight excluding hydrogens is 312 g/mol. The number of benzene rings is 1. The Morgan fingerprint density at radius 1 is 1.35 bits per heavy atom. The van der Waals surface area contributed by atoms with Crippen molar-refractivity contribution in [2.24, 2.45) is 7.05 Å². The molecule has 0 amide bonds. The molecule has 0 radical (unpaired) electrons. The van der Waals surface area contributed by atoms with Crippen LogP contribution < -0.4 is 0 Å². The van der Waals surface area contributed by atoms with Crippen LogP contribution in [0.5, 0.6) is 0 Å². The summed E-state index contributed by atoms with van der Waals surface area (Å²) in [6.07, 6.45) is 10.3. The van der Waals surface area contributed by atoms with E-state index < -0.39 is 0 Å². The Labute approximate surface area is 129 Å². The van der Waals surface area contributed by atoms with Gasteiger partial charge >= 0.3 is 0 Å². The molecular formula is C17H21BrN2. The predicted octanol–water partition coefficient (Wildman–Crippen LogP) is 4.02. The van der Waals surface area contributed by atoms with Gasteiger partial charge in [-0.15, -0.1) is 0 Å². The summed E-state index contributed by atoms with van der Waals surface area (Å²) in [5.41, 5.74) is 4.75. The number of alkyl halides is 1. The Bertz CT molecular complexity index is 590. The van der Waals surface area contributed by atoms with Crippen LogP contribution in [0.25, 0.3) is 0 Å². The Hall–Kier alpha value is -1.09. The van der Waals surface area contributed by atoms with Crippen molar-refractivity contribution in [1.29, 1.82) is 0 Å². The van der Waals surface area contributed by atoms with E-state index in [0.29, 0.717) is 5.41 Å². The van der Waals surface area contributed by atoms with Gasteiger partial charge in [-0.25, -0.2) is 0 Å². The van der Waals surface area contributed by atoms with Crippen LogP contribution in [-0.4, -0.2) is 15.1 Å². The zero-order valence-electron chi connectivity index (χ0n) is 12.0. The molecule has 0 N–H and O–H groups in total. The maximum atomic E-state index is 4.28. The second kappa shape index (κ2) is 5.72. The van der Waals surface area contributed by atoms with Gasteiger partial charge in [-0.05, 0) is 48.8 Å². The molecule has 1 heterocycles. The van der Waals surface area contributed by atoms with Crippen LogP contribution in [0.2, 0.25) is 0 Å². The highest BCUT2D eigenvalue weighted by Crippen LogP contribution is 2.42. The van der Waals surface area contributed by atoms with Crippen LogP contribution in [0, 0.1) is 0 Å². The lowest BCUT2D eigenvalue weighted by molar-refractivity contribution is 0.376. The third-order valence-electron chi connectivity index (χ3n) is 4.60. The topological polar surface area (TPSA) is 17.8 Å². The van der Waals surface area contributed by atoms with Crippen LogP contribution >= 0.6 is 15.9 Å². The molecule has 1 aliphatic carbocycles. The molecule has 1 aliphatic rings. The van der Waals surface area contributed by atoms with Crippen molar-refractivity contribution in [3.8, 4) is 0 Å². The molecule has 1 atom stereocenters. The maximum Gasteiger partial charge on any atom is 0.0521 e. The number of aryl methyl sites for hydroxylation is 3. The van der Waals surface area contributed by atoms with Crippen LogP contribution in [0.3, 0.4) is 0 Å². The first-order valence-electron chi connectivity index (χ1n) is 7.35. The Kier molecular flexibility index (Phi) is 3.97. The highest BCUT2D eigenvalue weighted by Gasteiger charge is 2.34. The fraction of sp³-hybridized carbons (Fsp3) is 0.471. The summed E-state index contributed by atoms with van der Waals surface area (Å²) in [7, 11) is 1.99. The largest absolute Gasteiger partial charge is 0.276 e. The maximum absolute atomic E-state index is 4.28. The number of rotatable bonds is 4. The van der Waals surface area contributed by atoms with E-state index in [1.54, 1.807) is 11.1 Å². The van der Waals surface area contributed by atoms with Crippen LogP contribution in [0.4, 0.5) is 0 Å². The molecule has 2 aromatic rings. The average molecular weight is 333 g/mol. The zero-order chi connectivity index (χ0) is 14.0. The van der Waals surface area contributed by atoms with Gasteiger partial charge in [0.2, 0.25) is 0 Å². The van der Waals surface area contributed by atoms with Gasteiger partial charge in [-0.2, -0.15) is 5.10 Å². The summed E-state index contributed by atoms with van der Waals surface area (Å²) in [5.74, 6) is 0. The lowest BCUT2D eigenvalue weighted by atomic mass is 9.68. The van der Waals surface area contributed by atoms with E-state index in [-0.39, 0.29) is 0 Å². The summed E-state index contributed by atoms with van der Waals surface area (Å²) in [6.45, 7) is 0. The SMILES string of the molecule is Cn1cc(CCC2(CBr)CCCc3ccccc32)cn1.